The molecule has 4 rings (SSSR count). The molecule has 8 heteroatoms. The molecule has 0 unspecified atom stereocenters. The van der Waals surface area contributed by atoms with Crippen LogP contribution in [-0.4, -0.2) is 24.2 Å². The van der Waals surface area contributed by atoms with E-state index in [1.165, 1.54) is 21.6 Å². The van der Waals surface area contributed by atoms with Crippen molar-refractivity contribution in [3.05, 3.63) is 71.8 Å². The van der Waals surface area contributed by atoms with Crippen molar-refractivity contribution < 1.29 is 9.47 Å². The Bertz CT molecular complexity index is 1210. The molecule has 0 amide bonds. The second-order valence-corrected chi connectivity index (χ2v) is 8.85. The van der Waals surface area contributed by atoms with Crippen molar-refractivity contribution in [2.24, 2.45) is 0 Å². The summed E-state index contributed by atoms with van der Waals surface area (Å²) >= 11 is 0. The molecule has 0 aliphatic heterocycles. The van der Waals surface area contributed by atoms with Gasteiger partial charge in [0.1, 0.15) is 33.7 Å². The number of rotatable bonds is 7. The minimum absolute atomic E-state index is 0.550. The molecule has 2 aromatic heterocycles. The highest BCUT2D eigenvalue weighted by atomic mass is 33.1. The normalized spacial score (nSPS) is 10.4. The third kappa shape index (κ3) is 4.47. The molecule has 0 aliphatic rings. The Morgan fingerprint density at radius 2 is 1.03 bits per heavy atom. The zero-order valence-electron chi connectivity index (χ0n) is 17.3. The number of aromatic nitrogens is 2. The number of benzene rings is 2. The van der Waals surface area contributed by atoms with Gasteiger partial charge in [0.05, 0.1) is 25.3 Å². The van der Waals surface area contributed by atoms with E-state index in [-0.39, 0.29) is 0 Å². The molecule has 0 aliphatic carbocycles. The van der Waals surface area contributed by atoms with Crippen molar-refractivity contribution in [1.29, 1.82) is 10.5 Å². The Morgan fingerprint density at radius 1 is 0.656 bits per heavy atom. The van der Waals surface area contributed by atoms with Gasteiger partial charge in [0, 0.05) is 11.4 Å². The Balaban J connectivity index is 1.55. The zero-order valence-corrected chi connectivity index (χ0v) is 18.9. The molecule has 0 atom stereocenters. The lowest BCUT2D eigenvalue weighted by molar-refractivity contribution is 0.415. The van der Waals surface area contributed by atoms with Gasteiger partial charge in [-0.25, -0.2) is 0 Å². The standard InChI is InChI=1S/C24H18N4O2S2/c1-29-19-7-3-15(4-8-19)21-11-17(13-25)23(27-21)31-32-24-18(14-26)12-22(28-24)16-5-9-20(30-2)10-6-16/h3-12,27-28H,1-2H3. The van der Waals surface area contributed by atoms with Crippen LogP contribution in [0, 0.1) is 22.7 Å². The first-order valence-corrected chi connectivity index (χ1v) is 11.7. The molecule has 0 radical (unpaired) electrons. The van der Waals surface area contributed by atoms with Gasteiger partial charge in [0.25, 0.3) is 0 Å². The third-order valence-electron chi connectivity index (χ3n) is 4.81. The maximum absolute atomic E-state index is 9.57. The summed E-state index contributed by atoms with van der Waals surface area (Å²) in [5.74, 6) is 1.55. The number of H-pyrrole nitrogens is 2. The minimum atomic E-state index is 0.550. The second kappa shape index (κ2) is 9.61. The smallest absolute Gasteiger partial charge is 0.118 e. The number of ether oxygens (including phenoxy) is 2. The van der Waals surface area contributed by atoms with E-state index in [1.54, 1.807) is 14.2 Å². The molecule has 2 heterocycles. The van der Waals surface area contributed by atoms with Gasteiger partial charge in [-0.3, -0.25) is 0 Å². The van der Waals surface area contributed by atoms with Gasteiger partial charge in [-0.1, -0.05) is 0 Å². The molecule has 0 saturated carbocycles. The number of aromatic amines is 2. The van der Waals surface area contributed by atoms with Crippen LogP contribution in [0.25, 0.3) is 22.5 Å². The van der Waals surface area contributed by atoms with Gasteiger partial charge in [0.2, 0.25) is 0 Å². The van der Waals surface area contributed by atoms with E-state index in [0.717, 1.165) is 44.1 Å². The highest BCUT2D eigenvalue weighted by Crippen LogP contribution is 2.42. The molecule has 2 aromatic carbocycles. The van der Waals surface area contributed by atoms with E-state index in [1.807, 2.05) is 60.7 Å². The van der Waals surface area contributed by atoms with Crippen molar-refractivity contribution in [3.63, 3.8) is 0 Å². The lowest BCUT2D eigenvalue weighted by Gasteiger charge is -2.02. The van der Waals surface area contributed by atoms with Crippen LogP contribution in [0.5, 0.6) is 11.5 Å². The highest BCUT2D eigenvalue weighted by molar-refractivity contribution is 8.76. The quantitative estimate of drug-likeness (QED) is 0.318. The molecule has 6 nitrogen and oxygen atoms in total. The maximum Gasteiger partial charge on any atom is 0.118 e. The molecule has 0 fully saturated rings. The van der Waals surface area contributed by atoms with Gasteiger partial charge >= 0.3 is 0 Å². The van der Waals surface area contributed by atoms with Crippen molar-refractivity contribution in [1.82, 2.24) is 9.97 Å². The molecular weight excluding hydrogens is 440 g/mol. The first-order valence-electron chi connectivity index (χ1n) is 9.54. The first-order chi connectivity index (χ1) is 15.6. The minimum Gasteiger partial charge on any atom is -0.497 e. The van der Waals surface area contributed by atoms with Gasteiger partial charge in [0.15, 0.2) is 0 Å². The fraction of sp³-hybridized carbons (Fsp3) is 0.0833. The number of nitriles is 2. The maximum atomic E-state index is 9.57. The van der Waals surface area contributed by atoms with Crippen LogP contribution >= 0.6 is 21.6 Å². The predicted molar refractivity (Wildman–Crippen MR) is 127 cm³/mol. The van der Waals surface area contributed by atoms with Crippen molar-refractivity contribution in [2.45, 2.75) is 10.1 Å². The van der Waals surface area contributed by atoms with E-state index in [9.17, 15) is 10.5 Å². The van der Waals surface area contributed by atoms with Crippen molar-refractivity contribution >= 4 is 21.6 Å². The van der Waals surface area contributed by atoms with E-state index < -0.39 is 0 Å². The average Bonchev–Trinajstić information content (AvgIpc) is 3.46. The summed E-state index contributed by atoms with van der Waals surface area (Å²) < 4.78 is 10.4. The largest absolute Gasteiger partial charge is 0.497 e. The summed E-state index contributed by atoms with van der Waals surface area (Å²) in [6, 6.07) is 23.4. The molecule has 2 N–H and O–H groups in total. The monoisotopic (exact) mass is 458 g/mol. The number of hydrogen-bond acceptors (Lipinski definition) is 6. The summed E-state index contributed by atoms with van der Waals surface area (Å²) in [7, 11) is 6.06. The average molecular weight is 459 g/mol. The van der Waals surface area contributed by atoms with Gasteiger partial charge in [-0.2, -0.15) is 10.5 Å². The summed E-state index contributed by atoms with van der Waals surface area (Å²) in [5.41, 5.74) is 4.70. The van der Waals surface area contributed by atoms with E-state index in [2.05, 4.69) is 22.1 Å². The number of hydrogen-bond donors (Lipinski definition) is 2. The predicted octanol–water partition coefficient (Wildman–Crippen LogP) is 6.24. The second-order valence-electron chi connectivity index (χ2n) is 6.70. The molecule has 0 spiro atoms. The fourth-order valence-corrected chi connectivity index (χ4v) is 5.25. The fourth-order valence-electron chi connectivity index (χ4n) is 3.10. The van der Waals surface area contributed by atoms with Gasteiger partial charge in [-0.15, -0.1) is 0 Å². The summed E-state index contributed by atoms with van der Waals surface area (Å²) in [4.78, 5) is 6.63. The Morgan fingerprint density at radius 3 is 1.34 bits per heavy atom. The summed E-state index contributed by atoms with van der Waals surface area (Å²) in [5, 5.41) is 20.6. The van der Waals surface area contributed by atoms with E-state index in [4.69, 9.17) is 9.47 Å². The SMILES string of the molecule is COc1ccc(-c2cc(C#N)c(SSc3[nH]c(-c4ccc(OC)cc4)cc3C#N)[nH]2)cc1. The molecular formula is C24H18N4O2S2. The Hall–Kier alpha value is -3.72. The third-order valence-corrected chi connectivity index (χ3v) is 7.12. The zero-order chi connectivity index (χ0) is 22.5. The van der Waals surface area contributed by atoms with Crippen LogP contribution < -0.4 is 9.47 Å². The summed E-state index contributed by atoms with van der Waals surface area (Å²) in [6.45, 7) is 0. The lowest BCUT2D eigenvalue weighted by atomic mass is 10.1. The molecule has 158 valence electrons. The Kier molecular flexibility index (Phi) is 6.46. The van der Waals surface area contributed by atoms with Crippen LogP contribution in [0.2, 0.25) is 0 Å². The summed E-state index contributed by atoms with van der Waals surface area (Å²) in [6.07, 6.45) is 0. The molecule has 0 bridgehead atoms. The number of nitrogens with one attached hydrogen (secondary N) is 2. The van der Waals surface area contributed by atoms with Crippen molar-refractivity contribution in [3.8, 4) is 46.2 Å². The lowest BCUT2D eigenvalue weighted by Crippen LogP contribution is -1.83. The topological polar surface area (TPSA) is 97.6 Å². The van der Waals surface area contributed by atoms with Crippen LogP contribution in [0.15, 0.2) is 70.7 Å². The van der Waals surface area contributed by atoms with Crippen LogP contribution in [-0.2, 0) is 0 Å². The van der Waals surface area contributed by atoms with Crippen LogP contribution in [0.4, 0.5) is 0 Å². The molecule has 32 heavy (non-hydrogen) atoms. The number of methoxy groups -OCH3 is 2. The van der Waals surface area contributed by atoms with Gasteiger partial charge in [-0.05, 0) is 93.4 Å². The van der Waals surface area contributed by atoms with Crippen molar-refractivity contribution in [2.75, 3.05) is 14.2 Å². The van der Waals surface area contributed by atoms with Crippen LogP contribution in [0.3, 0.4) is 0 Å². The highest BCUT2D eigenvalue weighted by Gasteiger charge is 2.15. The van der Waals surface area contributed by atoms with E-state index in [0.29, 0.717) is 11.1 Å². The Labute approximate surface area is 193 Å². The van der Waals surface area contributed by atoms with Gasteiger partial charge < -0.3 is 19.4 Å². The molecule has 0 saturated heterocycles. The molecule has 4 aromatic rings. The van der Waals surface area contributed by atoms with Crippen LogP contribution in [0.1, 0.15) is 11.1 Å². The number of nitrogens with zero attached hydrogens (tertiary/aromatic N) is 2. The first kappa shape index (κ1) is 21.5. The van der Waals surface area contributed by atoms with E-state index >= 15 is 0 Å².